The molecule has 1 saturated carbocycles. The Labute approximate surface area is 186 Å². The van der Waals surface area contributed by atoms with Gasteiger partial charge in [-0.15, -0.1) is 0 Å². The van der Waals surface area contributed by atoms with Crippen molar-refractivity contribution in [2.45, 2.75) is 50.7 Å². The Bertz CT molecular complexity index is 1200. The van der Waals surface area contributed by atoms with Crippen LogP contribution in [0, 0.1) is 0 Å². The molecule has 3 aromatic rings. The quantitative estimate of drug-likeness (QED) is 0.676. The van der Waals surface area contributed by atoms with Crippen molar-refractivity contribution in [3.8, 4) is 28.7 Å². The number of nitrogens with two attached hydrogens (primary N) is 1. The summed E-state index contributed by atoms with van der Waals surface area (Å²) in [4.78, 5) is 23.6. The number of nitrogens with zero attached hydrogens (tertiary/aromatic N) is 6. The van der Waals surface area contributed by atoms with Gasteiger partial charge in [0, 0.05) is 31.2 Å². The molecule has 0 spiro atoms. The molecule has 9 nitrogen and oxygen atoms in total. The van der Waals surface area contributed by atoms with Gasteiger partial charge < -0.3 is 19.9 Å². The Balaban J connectivity index is 1.27. The zero-order valence-electron chi connectivity index (χ0n) is 18.4. The number of hydrogen-bond acceptors (Lipinski definition) is 6. The van der Waals surface area contributed by atoms with E-state index in [0.29, 0.717) is 19.1 Å². The third-order valence-corrected chi connectivity index (χ3v) is 6.76. The molecule has 0 atom stereocenters. The molecule has 3 aliphatic rings. The SMILES string of the molecule is CC(C)n1ncnc1-c1cn2c(n1)-c1ccc(C3CN(C(=O)C4(N)CC4)C3)cc1OCC2. The second-order valence-electron chi connectivity index (χ2n) is 9.43. The van der Waals surface area contributed by atoms with Crippen LogP contribution in [-0.4, -0.2) is 60.4 Å². The smallest absolute Gasteiger partial charge is 0.242 e. The van der Waals surface area contributed by atoms with Crippen molar-refractivity contribution in [3.05, 3.63) is 36.3 Å². The summed E-state index contributed by atoms with van der Waals surface area (Å²) in [6.07, 6.45) is 5.22. The summed E-state index contributed by atoms with van der Waals surface area (Å²) in [6, 6.07) is 6.53. The van der Waals surface area contributed by atoms with Gasteiger partial charge in [-0.3, -0.25) is 4.79 Å². The van der Waals surface area contributed by atoms with Crippen molar-refractivity contribution < 1.29 is 9.53 Å². The van der Waals surface area contributed by atoms with E-state index in [1.807, 2.05) is 15.8 Å². The van der Waals surface area contributed by atoms with Crippen LogP contribution in [0.3, 0.4) is 0 Å². The molecule has 2 fully saturated rings. The topological polar surface area (TPSA) is 104 Å². The van der Waals surface area contributed by atoms with Gasteiger partial charge in [0.2, 0.25) is 5.91 Å². The fourth-order valence-electron chi connectivity index (χ4n) is 4.59. The molecule has 32 heavy (non-hydrogen) atoms. The van der Waals surface area contributed by atoms with Crippen molar-refractivity contribution in [3.63, 3.8) is 0 Å². The minimum absolute atomic E-state index is 0.101. The van der Waals surface area contributed by atoms with E-state index in [-0.39, 0.29) is 11.9 Å². The number of imidazole rings is 1. The number of ether oxygens (including phenoxy) is 1. The fourth-order valence-corrected chi connectivity index (χ4v) is 4.59. The molecule has 4 heterocycles. The Morgan fingerprint density at radius 3 is 2.81 bits per heavy atom. The third kappa shape index (κ3) is 3.02. The highest BCUT2D eigenvalue weighted by Gasteiger charge is 2.50. The summed E-state index contributed by atoms with van der Waals surface area (Å²) in [7, 11) is 0. The molecular weight excluding hydrogens is 406 g/mol. The van der Waals surface area contributed by atoms with Crippen molar-refractivity contribution in [1.82, 2.24) is 29.2 Å². The summed E-state index contributed by atoms with van der Waals surface area (Å²) in [5.41, 5.74) is 8.46. The lowest BCUT2D eigenvalue weighted by molar-refractivity contribution is -0.138. The molecule has 0 unspecified atom stereocenters. The maximum absolute atomic E-state index is 12.4. The van der Waals surface area contributed by atoms with Gasteiger partial charge in [0.25, 0.3) is 0 Å². The lowest BCUT2D eigenvalue weighted by Gasteiger charge is -2.41. The molecule has 1 aliphatic carbocycles. The number of fused-ring (bicyclic) bond motifs is 3. The van der Waals surface area contributed by atoms with Crippen molar-refractivity contribution in [1.29, 1.82) is 0 Å². The van der Waals surface area contributed by atoms with Crippen LogP contribution in [0.1, 0.15) is 44.2 Å². The number of aromatic nitrogens is 5. The molecule has 1 aromatic carbocycles. The molecule has 6 rings (SSSR count). The van der Waals surface area contributed by atoms with Crippen molar-refractivity contribution in [2.75, 3.05) is 19.7 Å². The lowest BCUT2D eigenvalue weighted by Crippen LogP contribution is -2.55. The first-order chi connectivity index (χ1) is 15.4. The Kier molecular flexibility index (Phi) is 4.20. The van der Waals surface area contributed by atoms with E-state index >= 15 is 0 Å². The highest BCUT2D eigenvalue weighted by Crippen LogP contribution is 2.40. The van der Waals surface area contributed by atoms with Gasteiger partial charge in [0.1, 0.15) is 30.2 Å². The Hall–Kier alpha value is -3.20. The number of rotatable bonds is 4. The summed E-state index contributed by atoms with van der Waals surface area (Å²) < 4.78 is 10.1. The number of benzene rings is 1. The monoisotopic (exact) mass is 433 g/mol. The molecular formula is C23H27N7O2. The van der Waals surface area contributed by atoms with E-state index in [1.54, 1.807) is 6.33 Å². The van der Waals surface area contributed by atoms with E-state index in [4.69, 9.17) is 15.5 Å². The van der Waals surface area contributed by atoms with Crippen LogP contribution in [0.4, 0.5) is 0 Å². The highest BCUT2D eigenvalue weighted by molar-refractivity contribution is 5.89. The van der Waals surface area contributed by atoms with Crippen LogP contribution in [0.25, 0.3) is 22.9 Å². The average Bonchev–Trinajstić information content (AvgIpc) is 3.17. The second kappa shape index (κ2) is 6.90. The van der Waals surface area contributed by atoms with Crippen LogP contribution in [0.2, 0.25) is 0 Å². The summed E-state index contributed by atoms with van der Waals surface area (Å²) in [5.74, 6) is 2.90. The minimum atomic E-state index is -0.587. The molecule has 2 N–H and O–H groups in total. The van der Waals surface area contributed by atoms with Gasteiger partial charge >= 0.3 is 0 Å². The predicted molar refractivity (Wildman–Crippen MR) is 118 cm³/mol. The normalized spacial score (nSPS) is 19.1. The fraction of sp³-hybridized carbons (Fsp3) is 0.478. The van der Waals surface area contributed by atoms with Crippen LogP contribution < -0.4 is 10.5 Å². The lowest BCUT2D eigenvalue weighted by atomic mass is 9.89. The second-order valence-corrected chi connectivity index (χ2v) is 9.43. The summed E-state index contributed by atoms with van der Waals surface area (Å²) >= 11 is 0. The molecule has 166 valence electrons. The highest BCUT2D eigenvalue weighted by atomic mass is 16.5. The molecule has 0 radical (unpaired) electrons. The largest absolute Gasteiger partial charge is 0.491 e. The first-order valence-electron chi connectivity index (χ1n) is 11.3. The van der Waals surface area contributed by atoms with Gasteiger partial charge in [-0.25, -0.2) is 14.6 Å². The van der Waals surface area contributed by atoms with E-state index in [1.165, 1.54) is 5.56 Å². The van der Waals surface area contributed by atoms with E-state index in [9.17, 15) is 4.79 Å². The number of amides is 1. The first kappa shape index (κ1) is 19.5. The van der Waals surface area contributed by atoms with Crippen molar-refractivity contribution >= 4 is 5.91 Å². The molecule has 0 bridgehead atoms. The van der Waals surface area contributed by atoms with E-state index in [2.05, 4.69) is 46.7 Å². The van der Waals surface area contributed by atoms with Gasteiger partial charge in [-0.05, 0) is 44.4 Å². The third-order valence-electron chi connectivity index (χ3n) is 6.76. The number of carbonyl (C=O) groups excluding carboxylic acids is 1. The average molecular weight is 434 g/mol. The van der Waals surface area contributed by atoms with E-state index in [0.717, 1.165) is 54.6 Å². The van der Waals surface area contributed by atoms with Crippen LogP contribution in [-0.2, 0) is 11.3 Å². The number of carbonyl (C=O) groups is 1. The van der Waals surface area contributed by atoms with Crippen LogP contribution >= 0.6 is 0 Å². The standard InChI is InChI=1S/C23H27N7O2/c1-14(2)30-21(25-13-26-30)18-12-28-7-8-32-19-9-15(3-4-17(19)20(28)27-18)16-10-29(11-16)22(31)23(24)5-6-23/h3-4,9,12-14,16H,5-8,10-11,24H2,1-2H3. The van der Waals surface area contributed by atoms with Gasteiger partial charge in [-0.2, -0.15) is 5.10 Å². The van der Waals surface area contributed by atoms with Crippen molar-refractivity contribution in [2.24, 2.45) is 5.73 Å². The van der Waals surface area contributed by atoms with Gasteiger partial charge in [0.15, 0.2) is 5.82 Å². The van der Waals surface area contributed by atoms with Crippen LogP contribution in [0.15, 0.2) is 30.7 Å². The van der Waals surface area contributed by atoms with Gasteiger partial charge in [-0.1, -0.05) is 6.07 Å². The molecule has 2 aliphatic heterocycles. The maximum Gasteiger partial charge on any atom is 0.242 e. The summed E-state index contributed by atoms with van der Waals surface area (Å²) in [5, 5.41) is 4.34. The molecule has 9 heteroatoms. The zero-order valence-corrected chi connectivity index (χ0v) is 18.4. The minimum Gasteiger partial charge on any atom is -0.491 e. The Morgan fingerprint density at radius 1 is 1.25 bits per heavy atom. The van der Waals surface area contributed by atoms with E-state index < -0.39 is 5.54 Å². The molecule has 1 amide bonds. The zero-order chi connectivity index (χ0) is 22.0. The molecule has 1 saturated heterocycles. The maximum atomic E-state index is 12.4. The number of hydrogen-bond donors (Lipinski definition) is 1. The predicted octanol–water partition coefficient (Wildman–Crippen LogP) is 2.20. The Morgan fingerprint density at radius 2 is 2.06 bits per heavy atom. The summed E-state index contributed by atoms with van der Waals surface area (Å²) in [6.45, 7) is 6.89. The number of likely N-dealkylation sites (tertiary alicyclic amines) is 1. The molecule has 2 aromatic heterocycles. The van der Waals surface area contributed by atoms with Gasteiger partial charge in [0.05, 0.1) is 17.6 Å². The first-order valence-corrected chi connectivity index (χ1v) is 11.3. The van der Waals surface area contributed by atoms with Crippen LogP contribution in [0.5, 0.6) is 5.75 Å².